The molecule has 0 saturated heterocycles. The van der Waals surface area contributed by atoms with Gasteiger partial charge in [-0.25, -0.2) is 0 Å². The number of benzene rings is 1. The largest absolute Gasteiger partial charge is 0.352 e. The summed E-state index contributed by atoms with van der Waals surface area (Å²) in [6.45, 7) is 0. The first-order chi connectivity index (χ1) is 10.7. The van der Waals surface area contributed by atoms with E-state index in [1.807, 2.05) is 36.4 Å². The Morgan fingerprint density at radius 3 is 2.82 bits per heavy atom. The van der Waals surface area contributed by atoms with Crippen LogP contribution in [0, 0.1) is 0 Å². The van der Waals surface area contributed by atoms with Crippen molar-refractivity contribution in [3.05, 3.63) is 64.9 Å². The SMILES string of the molecule is O=C(CSCc1ccncc1)N[C@H]1C[C@@H]1c1ccccc1Cl. The van der Waals surface area contributed by atoms with Crippen molar-refractivity contribution in [1.82, 2.24) is 10.3 Å². The number of hydrogen-bond donors (Lipinski definition) is 1. The minimum atomic E-state index is 0.0959. The van der Waals surface area contributed by atoms with E-state index >= 15 is 0 Å². The summed E-state index contributed by atoms with van der Waals surface area (Å²) in [6, 6.07) is 12.0. The second-order valence-corrected chi connectivity index (χ2v) is 6.78. The standard InChI is InChI=1S/C17H17ClN2OS/c18-15-4-2-1-3-13(15)14-9-16(14)20-17(21)11-22-10-12-5-7-19-8-6-12/h1-8,14,16H,9-11H2,(H,20,21)/t14-,16+/m1/s1. The lowest BCUT2D eigenvalue weighted by atomic mass is 10.1. The highest BCUT2D eigenvalue weighted by atomic mass is 35.5. The first kappa shape index (κ1) is 15.4. The first-order valence-electron chi connectivity index (χ1n) is 7.24. The van der Waals surface area contributed by atoms with Gasteiger partial charge in [0.05, 0.1) is 5.75 Å². The fourth-order valence-electron chi connectivity index (χ4n) is 2.46. The van der Waals surface area contributed by atoms with Crippen molar-refractivity contribution in [3.63, 3.8) is 0 Å². The van der Waals surface area contributed by atoms with Crippen LogP contribution in [0.3, 0.4) is 0 Å². The topological polar surface area (TPSA) is 42.0 Å². The molecule has 1 aromatic heterocycles. The smallest absolute Gasteiger partial charge is 0.230 e. The van der Waals surface area contributed by atoms with Crippen LogP contribution in [0.5, 0.6) is 0 Å². The summed E-state index contributed by atoms with van der Waals surface area (Å²) in [5.74, 6) is 1.77. The molecule has 5 heteroatoms. The van der Waals surface area contributed by atoms with Crippen LogP contribution in [-0.2, 0) is 10.5 Å². The Morgan fingerprint density at radius 2 is 2.05 bits per heavy atom. The molecule has 114 valence electrons. The molecule has 1 N–H and O–H groups in total. The number of hydrogen-bond acceptors (Lipinski definition) is 3. The molecular weight excluding hydrogens is 316 g/mol. The van der Waals surface area contributed by atoms with E-state index in [0.717, 1.165) is 22.8 Å². The van der Waals surface area contributed by atoms with Gasteiger partial charge in [0.25, 0.3) is 0 Å². The maximum absolute atomic E-state index is 12.0. The van der Waals surface area contributed by atoms with E-state index in [-0.39, 0.29) is 11.9 Å². The minimum absolute atomic E-state index is 0.0959. The molecule has 0 aliphatic heterocycles. The van der Waals surface area contributed by atoms with Crippen LogP contribution in [-0.4, -0.2) is 22.7 Å². The van der Waals surface area contributed by atoms with Gasteiger partial charge < -0.3 is 5.32 Å². The van der Waals surface area contributed by atoms with E-state index in [4.69, 9.17) is 11.6 Å². The molecular formula is C17H17ClN2OS. The molecule has 0 bridgehead atoms. The Hall–Kier alpha value is -1.52. The molecule has 1 fully saturated rings. The zero-order chi connectivity index (χ0) is 15.4. The molecule has 3 nitrogen and oxygen atoms in total. The number of amides is 1. The van der Waals surface area contributed by atoms with E-state index in [2.05, 4.69) is 10.3 Å². The Balaban J connectivity index is 1.41. The van der Waals surface area contributed by atoms with Gasteiger partial charge in [0.1, 0.15) is 0 Å². The summed E-state index contributed by atoms with van der Waals surface area (Å²) in [7, 11) is 0. The molecule has 1 heterocycles. The van der Waals surface area contributed by atoms with Crippen molar-refractivity contribution in [2.45, 2.75) is 24.1 Å². The van der Waals surface area contributed by atoms with E-state index < -0.39 is 0 Å². The van der Waals surface area contributed by atoms with Crippen molar-refractivity contribution in [3.8, 4) is 0 Å². The zero-order valence-corrected chi connectivity index (χ0v) is 13.6. The third kappa shape index (κ3) is 4.02. The van der Waals surface area contributed by atoms with E-state index in [1.165, 1.54) is 5.56 Å². The third-order valence-corrected chi connectivity index (χ3v) is 5.04. The maximum atomic E-state index is 12.0. The lowest BCUT2D eigenvalue weighted by molar-refractivity contribution is -0.118. The van der Waals surface area contributed by atoms with E-state index in [0.29, 0.717) is 11.7 Å². The summed E-state index contributed by atoms with van der Waals surface area (Å²) in [5.41, 5.74) is 2.33. The Bertz CT molecular complexity index is 650. The molecule has 22 heavy (non-hydrogen) atoms. The highest BCUT2D eigenvalue weighted by molar-refractivity contribution is 7.99. The fourth-order valence-corrected chi connectivity index (χ4v) is 3.54. The van der Waals surface area contributed by atoms with Crippen LogP contribution in [0.15, 0.2) is 48.8 Å². The molecule has 0 spiro atoms. The van der Waals surface area contributed by atoms with Crippen molar-refractivity contribution < 1.29 is 4.79 Å². The number of carbonyl (C=O) groups is 1. The zero-order valence-electron chi connectivity index (χ0n) is 12.0. The number of carbonyl (C=O) groups excluding carboxylic acids is 1. The van der Waals surface area contributed by atoms with Crippen LogP contribution in [0.2, 0.25) is 5.02 Å². The van der Waals surface area contributed by atoms with Gasteiger partial charge in [0, 0.05) is 35.1 Å². The van der Waals surface area contributed by atoms with Crippen molar-refractivity contribution in [1.29, 1.82) is 0 Å². The van der Waals surface area contributed by atoms with E-state index in [9.17, 15) is 4.79 Å². The summed E-state index contributed by atoms with van der Waals surface area (Å²) in [6.07, 6.45) is 4.52. The van der Waals surface area contributed by atoms with Crippen molar-refractivity contribution in [2.75, 3.05) is 5.75 Å². The molecule has 2 atom stereocenters. The predicted octanol–water partition coefficient (Wildman–Crippen LogP) is 3.64. The first-order valence-corrected chi connectivity index (χ1v) is 8.78. The average Bonchev–Trinajstić information content (AvgIpc) is 3.27. The fraction of sp³-hybridized carbons (Fsp3) is 0.294. The van der Waals surface area contributed by atoms with Gasteiger partial charge >= 0.3 is 0 Å². The Kier molecular flexibility index (Phi) is 5.01. The molecule has 1 amide bonds. The average molecular weight is 333 g/mol. The van der Waals surface area contributed by atoms with Crippen molar-refractivity contribution in [2.24, 2.45) is 0 Å². The second-order valence-electron chi connectivity index (χ2n) is 5.39. The number of aromatic nitrogens is 1. The van der Waals surface area contributed by atoms with Gasteiger partial charge in [0.2, 0.25) is 5.91 Å². The summed E-state index contributed by atoms with van der Waals surface area (Å²) in [4.78, 5) is 15.9. The summed E-state index contributed by atoms with van der Waals surface area (Å²) < 4.78 is 0. The molecule has 1 aliphatic carbocycles. The van der Waals surface area contributed by atoms with Crippen LogP contribution in [0.1, 0.15) is 23.5 Å². The van der Waals surface area contributed by atoms with Crippen molar-refractivity contribution >= 4 is 29.3 Å². The molecule has 0 unspecified atom stereocenters. The molecule has 0 radical (unpaired) electrons. The normalized spacial score (nSPS) is 19.7. The number of thioether (sulfide) groups is 1. The lowest BCUT2D eigenvalue weighted by Gasteiger charge is -2.06. The van der Waals surface area contributed by atoms with Gasteiger partial charge in [-0.2, -0.15) is 0 Å². The monoisotopic (exact) mass is 332 g/mol. The third-order valence-electron chi connectivity index (χ3n) is 3.69. The molecule has 1 saturated carbocycles. The minimum Gasteiger partial charge on any atom is -0.352 e. The van der Waals surface area contributed by atoms with Gasteiger partial charge in [-0.3, -0.25) is 9.78 Å². The molecule has 3 rings (SSSR count). The number of pyridine rings is 1. The van der Waals surface area contributed by atoms with Gasteiger partial charge in [-0.1, -0.05) is 29.8 Å². The maximum Gasteiger partial charge on any atom is 0.230 e. The van der Waals surface area contributed by atoms with Crippen LogP contribution in [0.25, 0.3) is 0 Å². The number of nitrogens with zero attached hydrogens (tertiary/aromatic N) is 1. The van der Waals surface area contributed by atoms with Crippen LogP contribution >= 0.6 is 23.4 Å². The number of rotatable bonds is 6. The highest BCUT2D eigenvalue weighted by Gasteiger charge is 2.40. The lowest BCUT2D eigenvalue weighted by Crippen LogP contribution is -2.28. The Labute approximate surface area is 139 Å². The second kappa shape index (κ2) is 7.16. The van der Waals surface area contributed by atoms with Crippen LogP contribution < -0.4 is 5.32 Å². The summed E-state index contributed by atoms with van der Waals surface area (Å²) >= 11 is 7.81. The van der Waals surface area contributed by atoms with Gasteiger partial charge in [0.15, 0.2) is 0 Å². The molecule has 1 aromatic carbocycles. The number of halogens is 1. The summed E-state index contributed by atoms with van der Waals surface area (Å²) in [5, 5.41) is 3.87. The highest BCUT2D eigenvalue weighted by Crippen LogP contribution is 2.43. The van der Waals surface area contributed by atoms with E-state index in [1.54, 1.807) is 24.2 Å². The quantitative estimate of drug-likeness (QED) is 0.878. The molecule has 1 aliphatic rings. The van der Waals surface area contributed by atoms with Gasteiger partial charge in [-0.15, -0.1) is 11.8 Å². The number of nitrogens with one attached hydrogen (secondary N) is 1. The van der Waals surface area contributed by atoms with Gasteiger partial charge in [-0.05, 0) is 35.7 Å². The predicted molar refractivity (Wildman–Crippen MR) is 91.1 cm³/mol. The van der Waals surface area contributed by atoms with Crippen LogP contribution in [0.4, 0.5) is 0 Å². The molecule has 2 aromatic rings. The Morgan fingerprint density at radius 1 is 1.27 bits per heavy atom.